The lowest BCUT2D eigenvalue weighted by atomic mass is 9.80. The summed E-state index contributed by atoms with van der Waals surface area (Å²) in [5.74, 6) is -1.53. The summed E-state index contributed by atoms with van der Waals surface area (Å²) in [6, 6.07) is 0. The van der Waals surface area contributed by atoms with Crippen LogP contribution in [-0.4, -0.2) is 29.1 Å². The largest absolute Gasteiger partial charge is 0.481 e. The lowest BCUT2D eigenvalue weighted by Crippen LogP contribution is -2.47. The summed E-state index contributed by atoms with van der Waals surface area (Å²) in [6.07, 6.45) is 5.94. The van der Waals surface area contributed by atoms with Crippen molar-refractivity contribution in [1.29, 1.82) is 0 Å². The van der Waals surface area contributed by atoms with E-state index in [9.17, 15) is 14.7 Å². The number of nitrogens with two attached hydrogens (primary N) is 1. The number of carboxylic acids is 1. The van der Waals surface area contributed by atoms with Crippen LogP contribution in [0.3, 0.4) is 0 Å². The Morgan fingerprint density at radius 1 is 1.24 bits per heavy atom. The van der Waals surface area contributed by atoms with Crippen molar-refractivity contribution in [3.63, 3.8) is 0 Å². The maximum atomic E-state index is 12.0. The summed E-state index contributed by atoms with van der Waals surface area (Å²) >= 11 is 0. The van der Waals surface area contributed by atoms with E-state index >= 15 is 0 Å². The highest BCUT2D eigenvalue weighted by Gasteiger charge is 2.31. The van der Waals surface area contributed by atoms with Gasteiger partial charge in [0.05, 0.1) is 5.92 Å². The SMILES string of the molecule is CC(C)(C)CC(CNC(=O)CC1(N)CCCCC1)C(=O)O. The molecule has 0 aromatic rings. The number of carboxylic acid groups (broad SMARTS) is 1. The average Bonchev–Trinajstić information content (AvgIpc) is 2.33. The zero-order chi connectivity index (χ0) is 16.1. The molecule has 1 saturated carbocycles. The second-order valence-electron chi connectivity index (χ2n) is 7.70. The predicted molar refractivity (Wildman–Crippen MR) is 82.8 cm³/mol. The quantitative estimate of drug-likeness (QED) is 0.701. The van der Waals surface area contributed by atoms with Crippen molar-refractivity contribution < 1.29 is 14.7 Å². The minimum absolute atomic E-state index is 0.0771. The van der Waals surface area contributed by atoms with Crippen LogP contribution >= 0.6 is 0 Å². The van der Waals surface area contributed by atoms with E-state index in [0.29, 0.717) is 12.8 Å². The van der Waals surface area contributed by atoms with Crippen LogP contribution in [0.2, 0.25) is 0 Å². The Bertz CT molecular complexity index is 368. The Labute approximate surface area is 127 Å². The molecule has 1 fully saturated rings. The summed E-state index contributed by atoms with van der Waals surface area (Å²) in [4.78, 5) is 23.3. The van der Waals surface area contributed by atoms with Crippen LogP contribution in [0.25, 0.3) is 0 Å². The highest BCUT2D eigenvalue weighted by atomic mass is 16.4. The number of rotatable bonds is 6. The minimum atomic E-state index is -0.856. The molecule has 5 nitrogen and oxygen atoms in total. The first-order chi connectivity index (χ1) is 9.61. The predicted octanol–water partition coefficient (Wildman–Crippen LogP) is 2.29. The molecule has 0 heterocycles. The van der Waals surface area contributed by atoms with Crippen LogP contribution in [0, 0.1) is 11.3 Å². The molecule has 0 radical (unpaired) electrons. The maximum absolute atomic E-state index is 12.0. The molecule has 1 amide bonds. The zero-order valence-electron chi connectivity index (χ0n) is 13.6. The third-order valence-electron chi connectivity index (χ3n) is 4.12. The van der Waals surface area contributed by atoms with Gasteiger partial charge in [-0.2, -0.15) is 0 Å². The summed E-state index contributed by atoms with van der Waals surface area (Å²) in [6.45, 7) is 6.19. The molecule has 0 aromatic carbocycles. The Kier molecular flexibility index (Phi) is 6.20. The molecule has 5 heteroatoms. The number of aliphatic carboxylic acids is 1. The molecule has 0 saturated heterocycles. The van der Waals surface area contributed by atoms with Gasteiger partial charge in [-0.3, -0.25) is 9.59 Å². The fraction of sp³-hybridized carbons (Fsp3) is 0.875. The summed E-state index contributed by atoms with van der Waals surface area (Å²) in [5, 5.41) is 12.0. The van der Waals surface area contributed by atoms with Crippen molar-refractivity contribution in [2.24, 2.45) is 17.1 Å². The Balaban J connectivity index is 2.44. The topological polar surface area (TPSA) is 92.4 Å². The van der Waals surface area contributed by atoms with Gasteiger partial charge in [-0.25, -0.2) is 0 Å². The number of hydrogen-bond acceptors (Lipinski definition) is 3. The van der Waals surface area contributed by atoms with Crippen LogP contribution < -0.4 is 11.1 Å². The number of nitrogens with one attached hydrogen (secondary N) is 1. The smallest absolute Gasteiger partial charge is 0.308 e. The second-order valence-corrected chi connectivity index (χ2v) is 7.70. The Morgan fingerprint density at radius 3 is 2.29 bits per heavy atom. The van der Waals surface area contributed by atoms with Crippen LogP contribution in [0.15, 0.2) is 0 Å². The fourth-order valence-electron chi connectivity index (χ4n) is 3.04. The number of amides is 1. The zero-order valence-corrected chi connectivity index (χ0v) is 13.6. The second kappa shape index (κ2) is 7.25. The van der Waals surface area contributed by atoms with Crippen LogP contribution in [0.1, 0.15) is 65.7 Å². The minimum Gasteiger partial charge on any atom is -0.481 e. The van der Waals surface area contributed by atoms with Gasteiger partial charge in [-0.1, -0.05) is 40.0 Å². The van der Waals surface area contributed by atoms with Crippen LogP contribution in [-0.2, 0) is 9.59 Å². The molecule has 0 bridgehead atoms. The molecule has 1 rings (SSSR count). The molecule has 0 spiro atoms. The van der Waals surface area contributed by atoms with E-state index in [4.69, 9.17) is 5.73 Å². The van der Waals surface area contributed by atoms with Gasteiger partial charge in [-0.15, -0.1) is 0 Å². The Morgan fingerprint density at radius 2 is 1.81 bits per heavy atom. The van der Waals surface area contributed by atoms with Crippen molar-refractivity contribution in [1.82, 2.24) is 5.32 Å². The van der Waals surface area contributed by atoms with Crippen LogP contribution in [0.4, 0.5) is 0 Å². The lowest BCUT2D eigenvalue weighted by molar-refractivity contribution is -0.142. The molecule has 4 N–H and O–H groups in total. The van der Waals surface area contributed by atoms with E-state index in [1.807, 2.05) is 20.8 Å². The van der Waals surface area contributed by atoms with Crippen LogP contribution in [0.5, 0.6) is 0 Å². The van der Waals surface area contributed by atoms with Crippen molar-refractivity contribution >= 4 is 11.9 Å². The highest BCUT2D eigenvalue weighted by molar-refractivity contribution is 5.78. The van der Waals surface area contributed by atoms with E-state index in [1.165, 1.54) is 6.42 Å². The van der Waals surface area contributed by atoms with Gasteiger partial charge < -0.3 is 16.2 Å². The number of carbonyl (C=O) groups is 2. The molecule has 122 valence electrons. The van der Waals surface area contributed by atoms with E-state index < -0.39 is 17.4 Å². The van der Waals surface area contributed by atoms with Gasteiger partial charge in [-0.05, 0) is 24.7 Å². The van der Waals surface area contributed by atoms with Gasteiger partial charge in [0.25, 0.3) is 0 Å². The third kappa shape index (κ3) is 6.93. The standard InChI is InChI=1S/C16H30N2O3/c1-15(2,3)9-12(14(20)21)11-18-13(19)10-16(17)7-5-4-6-8-16/h12H,4-11,17H2,1-3H3,(H,18,19)(H,20,21). The molecule has 1 atom stereocenters. The number of hydrogen-bond donors (Lipinski definition) is 3. The van der Waals surface area contributed by atoms with Gasteiger partial charge in [0.1, 0.15) is 0 Å². The molecular formula is C16H30N2O3. The average molecular weight is 298 g/mol. The third-order valence-corrected chi connectivity index (χ3v) is 4.12. The molecule has 0 aliphatic heterocycles. The highest BCUT2D eigenvalue weighted by Crippen LogP contribution is 2.28. The summed E-state index contributed by atoms with van der Waals surface area (Å²) < 4.78 is 0. The first-order valence-electron chi connectivity index (χ1n) is 7.90. The van der Waals surface area contributed by atoms with Gasteiger partial charge in [0.15, 0.2) is 0 Å². The maximum Gasteiger partial charge on any atom is 0.308 e. The molecular weight excluding hydrogens is 268 g/mol. The van der Waals surface area contributed by atoms with E-state index in [0.717, 1.165) is 25.7 Å². The van der Waals surface area contributed by atoms with Gasteiger partial charge in [0.2, 0.25) is 5.91 Å². The summed E-state index contributed by atoms with van der Waals surface area (Å²) in [7, 11) is 0. The Hall–Kier alpha value is -1.10. The first kappa shape index (κ1) is 18.0. The normalized spacial score (nSPS) is 19.8. The molecule has 0 aromatic heterocycles. The van der Waals surface area contributed by atoms with E-state index in [-0.39, 0.29) is 17.9 Å². The number of carbonyl (C=O) groups excluding carboxylic acids is 1. The molecule has 1 unspecified atom stereocenters. The van der Waals surface area contributed by atoms with Gasteiger partial charge in [0, 0.05) is 18.5 Å². The van der Waals surface area contributed by atoms with Crippen molar-refractivity contribution in [2.45, 2.75) is 71.3 Å². The molecule has 1 aliphatic carbocycles. The van der Waals surface area contributed by atoms with E-state index in [1.54, 1.807) is 0 Å². The van der Waals surface area contributed by atoms with Gasteiger partial charge >= 0.3 is 5.97 Å². The first-order valence-corrected chi connectivity index (χ1v) is 7.90. The summed E-state index contributed by atoms with van der Waals surface area (Å²) in [5.41, 5.74) is 5.78. The van der Waals surface area contributed by atoms with Crippen molar-refractivity contribution in [3.8, 4) is 0 Å². The van der Waals surface area contributed by atoms with E-state index in [2.05, 4.69) is 5.32 Å². The monoisotopic (exact) mass is 298 g/mol. The molecule has 1 aliphatic rings. The van der Waals surface area contributed by atoms with Crippen molar-refractivity contribution in [3.05, 3.63) is 0 Å². The lowest BCUT2D eigenvalue weighted by Gasteiger charge is -2.33. The molecule has 21 heavy (non-hydrogen) atoms. The fourth-order valence-corrected chi connectivity index (χ4v) is 3.04. The van der Waals surface area contributed by atoms with Crippen molar-refractivity contribution in [2.75, 3.05) is 6.54 Å².